The van der Waals surface area contributed by atoms with Crippen molar-refractivity contribution in [1.82, 2.24) is 9.44 Å². The molecule has 90 valence electrons. The molecule has 6 nitrogen and oxygen atoms in total. The quantitative estimate of drug-likeness (QED) is 0.575. The van der Waals surface area contributed by atoms with Crippen LogP contribution in [0, 0.1) is 5.92 Å². The van der Waals surface area contributed by atoms with Crippen LogP contribution in [0.25, 0.3) is 0 Å². The predicted molar refractivity (Wildman–Crippen MR) is 56.9 cm³/mol. The zero-order valence-corrected chi connectivity index (χ0v) is 9.40. The summed E-state index contributed by atoms with van der Waals surface area (Å²) in [5, 5.41) is 8.74. The van der Waals surface area contributed by atoms with Crippen LogP contribution >= 0.6 is 0 Å². The molecule has 2 aliphatic carbocycles. The Labute approximate surface area is 93.9 Å². The van der Waals surface area contributed by atoms with Gasteiger partial charge in [-0.15, -0.1) is 0 Å². The van der Waals surface area contributed by atoms with Crippen LogP contribution in [0.5, 0.6) is 0 Å². The molecule has 16 heavy (non-hydrogen) atoms. The van der Waals surface area contributed by atoms with Gasteiger partial charge in [0.25, 0.3) is 10.2 Å². The van der Waals surface area contributed by atoms with E-state index in [2.05, 4.69) is 9.44 Å². The molecule has 1 saturated carbocycles. The minimum Gasteiger partial charge on any atom is -0.481 e. The topological polar surface area (TPSA) is 95.5 Å². The van der Waals surface area contributed by atoms with Gasteiger partial charge in [-0.3, -0.25) is 4.79 Å². The molecule has 0 spiro atoms. The highest BCUT2D eigenvalue weighted by Gasteiger charge is 2.31. The average molecular weight is 246 g/mol. The maximum atomic E-state index is 11.5. The third-order valence-electron chi connectivity index (χ3n) is 2.61. The van der Waals surface area contributed by atoms with Gasteiger partial charge in [0.05, 0.1) is 5.92 Å². The molecule has 0 bridgehead atoms. The van der Waals surface area contributed by atoms with Gasteiger partial charge in [0.15, 0.2) is 0 Å². The number of nitrogens with one attached hydrogen (secondary N) is 2. The Kier molecular flexibility index (Phi) is 3.00. The van der Waals surface area contributed by atoms with Crippen LogP contribution in [0.15, 0.2) is 12.2 Å². The Bertz CT molecular complexity index is 413. The summed E-state index contributed by atoms with van der Waals surface area (Å²) in [6, 6.07) is -0.365. The lowest BCUT2D eigenvalue weighted by Crippen LogP contribution is -2.42. The number of rotatable bonds is 5. The van der Waals surface area contributed by atoms with Crippen LogP contribution in [0.3, 0.4) is 0 Å². The summed E-state index contributed by atoms with van der Waals surface area (Å²) in [5.74, 6) is -1.51. The highest BCUT2D eigenvalue weighted by molar-refractivity contribution is 7.87. The first-order valence-electron chi connectivity index (χ1n) is 5.17. The summed E-state index contributed by atoms with van der Waals surface area (Å²) in [6.07, 6.45) is 5.14. The van der Waals surface area contributed by atoms with Gasteiger partial charge in [-0.25, -0.2) is 0 Å². The maximum Gasteiger partial charge on any atom is 0.310 e. The molecule has 0 aliphatic heterocycles. The van der Waals surface area contributed by atoms with Crippen molar-refractivity contribution >= 4 is 16.2 Å². The fraction of sp³-hybridized carbons (Fsp3) is 0.667. The van der Waals surface area contributed by atoms with Crippen molar-refractivity contribution in [2.45, 2.75) is 31.3 Å². The summed E-state index contributed by atoms with van der Waals surface area (Å²) in [4.78, 5) is 10.7. The molecule has 0 aromatic rings. The van der Waals surface area contributed by atoms with Crippen molar-refractivity contribution < 1.29 is 18.3 Å². The Morgan fingerprint density at radius 3 is 2.44 bits per heavy atom. The third-order valence-corrected chi connectivity index (χ3v) is 3.86. The van der Waals surface area contributed by atoms with Gasteiger partial charge in [-0.05, 0) is 19.3 Å². The number of hydrogen-bond acceptors (Lipinski definition) is 3. The number of aliphatic carboxylic acids is 1. The summed E-state index contributed by atoms with van der Waals surface area (Å²) >= 11 is 0. The summed E-state index contributed by atoms with van der Waals surface area (Å²) in [5.41, 5.74) is 0. The molecule has 7 heteroatoms. The smallest absolute Gasteiger partial charge is 0.310 e. The van der Waals surface area contributed by atoms with E-state index >= 15 is 0 Å². The second-order valence-corrected chi connectivity index (χ2v) is 5.66. The van der Waals surface area contributed by atoms with Crippen molar-refractivity contribution in [3.63, 3.8) is 0 Å². The monoisotopic (exact) mass is 246 g/mol. The van der Waals surface area contributed by atoms with Crippen molar-refractivity contribution in [1.29, 1.82) is 0 Å². The lowest BCUT2D eigenvalue weighted by molar-refractivity contribution is -0.140. The fourth-order valence-corrected chi connectivity index (χ4v) is 2.94. The minimum atomic E-state index is -3.50. The highest BCUT2D eigenvalue weighted by atomic mass is 32.2. The summed E-state index contributed by atoms with van der Waals surface area (Å²) < 4.78 is 27.9. The van der Waals surface area contributed by atoms with E-state index in [9.17, 15) is 13.2 Å². The van der Waals surface area contributed by atoms with E-state index in [1.807, 2.05) is 0 Å². The first kappa shape index (κ1) is 11.6. The normalized spacial score (nSPS) is 29.5. The van der Waals surface area contributed by atoms with Crippen molar-refractivity contribution in [2.75, 3.05) is 0 Å². The third kappa shape index (κ3) is 3.03. The maximum absolute atomic E-state index is 11.5. The lowest BCUT2D eigenvalue weighted by atomic mass is 10.1. The Hall–Kier alpha value is -0.920. The Balaban J connectivity index is 1.86. The Morgan fingerprint density at radius 1 is 1.25 bits per heavy atom. The van der Waals surface area contributed by atoms with Gasteiger partial charge in [0.1, 0.15) is 0 Å². The summed E-state index contributed by atoms with van der Waals surface area (Å²) in [6.45, 7) is 0. The lowest BCUT2D eigenvalue weighted by Gasteiger charge is -2.12. The number of carbonyl (C=O) groups is 1. The SMILES string of the molecule is O=C(O)C1C=CC(NS(=O)(=O)NC2CC2)C1. The fourth-order valence-electron chi connectivity index (χ4n) is 1.62. The van der Waals surface area contributed by atoms with Gasteiger partial charge < -0.3 is 5.11 Å². The zero-order valence-electron chi connectivity index (χ0n) is 8.59. The molecule has 0 heterocycles. The second kappa shape index (κ2) is 4.15. The highest BCUT2D eigenvalue weighted by Crippen LogP contribution is 2.21. The first-order valence-corrected chi connectivity index (χ1v) is 6.65. The van der Waals surface area contributed by atoms with Crippen molar-refractivity contribution in [3.8, 4) is 0 Å². The van der Waals surface area contributed by atoms with Gasteiger partial charge in [0, 0.05) is 12.1 Å². The van der Waals surface area contributed by atoms with E-state index in [0.29, 0.717) is 0 Å². The van der Waals surface area contributed by atoms with Crippen molar-refractivity contribution in [2.24, 2.45) is 5.92 Å². The van der Waals surface area contributed by atoms with E-state index in [1.54, 1.807) is 6.08 Å². The van der Waals surface area contributed by atoms with Gasteiger partial charge in [0.2, 0.25) is 0 Å². The molecule has 0 aromatic heterocycles. The van der Waals surface area contributed by atoms with Crippen LogP contribution in [0.1, 0.15) is 19.3 Å². The van der Waals surface area contributed by atoms with E-state index in [4.69, 9.17) is 5.11 Å². The molecular formula is C9H14N2O4S. The predicted octanol–water partition coefficient (Wildman–Crippen LogP) is -0.398. The van der Waals surface area contributed by atoms with E-state index in [-0.39, 0.29) is 12.5 Å². The first-order chi connectivity index (χ1) is 7.46. The second-order valence-electron chi connectivity index (χ2n) is 4.19. The standard InChI is InChI=1S/C9H14N2O4S/c12-9(13)6-1-2-8(5-6)11-16(14,15)10-7-3-4-7/h1-2,6-8,10-11H,3-5H2,(H,12,13). The number of carboxylic acids is 1. The van der Waals surface area contributed by atoms with Gasteiger partial charge in [-0.1, -0.05) is 12.2 Å². The van der Waals surface area contributed by atoms with Crippen molar-refractivity contribution in [3.05, 3.63) is 12.2 Å². The van der Waals surface area contributed by atoms with Gasteiger partial charge in [-0.2, -0.15) is 17.9 Å². The molecule has 2 unspecified atom stereocenters. The molecule has 3 N–H and O–H groups in total. The van der Waals surface area contributed by atoms with E-state index < -0.39 is 28.1 Å². The number of hydrogen-bond donors (Lipinski definition) is 3. The van der Waals surface area contributed by atoms with Crippen LogP contribution in [-0.4, -0.2) is 31.6 Å². The van der Waals surface area contributed by atoms with Crippen LogP contribution in [-0.2, 0) is 15.0 Å². The minimum absolute atomic E-state index is 0.0538. The summed E-state index contributed by atoms with van der Waals surface area (Å²) in [7, 11) is -3.50. The molecule has 1 fully saturated rings. The molecule has 0 amide bonds. The zero-order chi connectivity index (χ0) is 11.8. The molecule has 0 radical (unpaired) electrons. The molecule has 0 saturated heterocycles. The average Bonchev–Trinajstić information content (AvgIpc) is 2.80. The van der Waals surface area contributed by atoms with E-state index in [1.165, 1.54) is 6.08 Å². The van der Waals surface area contributed by atoms with Crippen LogP contribution < -0.4 is 9.44 Å². The van der Waals surface area contributed by atoms with Crippen LogP contribution in [0.4, 0.5) is 0 Å². The molecule has 2 aliphatic rings. The van der Waals surface area contributed by atoms with Gasteiger partial charge >= 0.3 is 5.97 Å². The largest absolute Gasteiger partial charge is 0.481 e. The molecular weight excluding hydrogens is 232 g/mol. The Morgan fingerprint density at radius 2 is 1.94 bits per heavy atom. The van der Waals surface area contributed by atoms with Crippen LogP contribution in [0.2, 0.25) is 0 Å². The van der Waals surface area contributed by atoms with E-state index in [0.717, 1.165) is 12.8 Å². The molecule has 2 atom stereocenters. The molecule has 0 aromatic carbocycles. The number of carboxylic acid groups (broad SMARTS) is 1. The molecule has 2 rings (SSSR count).